The first-order chi connectivity index (χ1) is 8.28. The molecule has 1 rings (SSSR count). The molecule has 0 radical (unpaired) electrons. The molecule has 18 heavy (non-hydrogen) atoms. The summed E-state index contributed by atoms with van der Waals surface area (Å²) in [5.41, 5.74) is -0.425. The number of amides is 1. The van der Waals surface area contributed by atoms with Crippen LogP contribution in [0.4, 0.5) is 4.79 Å². The fourth-order valence-electron chi connectivity index (χ4n) is 1.84. The monoisotopic (exact) mass is 273 g/mol. The maximum atomic E-state index is 11.8. The molecule has 0 bridgehead atoms. The molecule has 0 aromatic heterocycles. The summed E-state index contributed by atoms with van der Waals surface area (Å²) in [7, 11) is 0. The number of likely N-dealkylation sites (tertiary alicyclic amines) is 1. The van der Waals surface area contributed by atoms with Crippen LogP contribution < -0.4 is 0 Å². The largest absolute Gasteiger partial charge is 0.487 e. The average Bonchev–Trinajstić information content (AvgIpc) is 2.24. The Labute approximate surface area is 115 Å². The van der Waals surface area contributed by atoms with Gasteiger partial charge in [-0.3, -0.25) is 0 Å². The summed E-state index contributed by atoms with van der Waals surface area (Å²) >= 11 is 4.88. The van der Waals surface area contributed by atoms with E-state index in [4.69, 9.17) is 21.7 Å². The number of carbonyl (C=O) groups is 1. The summed E-state index contributed by atoms with van der Waals surface area (Å²) < 4.78 is 10.7. The third-order valence-electron chi connectivity index (χ3n) is 2.79. The summed E-state index contributed by atoms with van der Waals surface area (Å²) in [6.07, 6.45) is 1.68. The minimum absolute atomic E-state index is 0.215. The Morgan fingerprint density at radius 2 is 1.89 bits per heavy atom. The number of ether oxygens (including phenoxy) is 2. The molecule has 1 aliphatic heterocycles. The van der Waals surface area contributed by atoms with Crippen molar-refractivity contribution in [1.29, 1.82) is 0 Å². The number of hydrogen-bond acceptors (Lipinski definition) is 4. The van der Waals surface area contributed by atoms with E-state index in [1.807, 2.05) is 20.8 Å². The Kier molecular flexibility index (Phi) is 5.38. The minimum Gasteiger partial charge on any atom is -0.487 e. The first-order valence-electron chi connectivity index (χ1n) is 6.39. The third kappa shape index (κ3) is 5.67. The van der Waals surface area contributed by atoms with Crippen LogP contribution in [-0.2, 0) is 9.47 Å². The molecule has 1 fully saturated rings. The second-order valence-corrected chi connectivity index (χ2v) is 6.29. The van der Waals surface area contributed by atoms with E-state index in [-0.39, 0.29) is 6.09 Å². The van der Waals surface area contributed by atoms with Crippen LogP contribution in [0.15, 0.2) is 0 Å². The van der Waals surface area contributed by atoms with Gasteiger partial charge >= 0.3 is 6.09 Å². The van der Waals surface area contributed by atoms with Crippen LogP contribution in [-0.4, -0.2) is 41.3 Å². The molecule has 0 saturated carbocycles. The van der Waals surface area contributed by atoms with E-state index >= 15 is 0 Å². The number of nitrogens with zero attached hydrogens (tertiary/aromatic N) is 1. The predicted molar refractivity (Wildman–Crippen MR) is 74.8 cm³/mol. The topological polar surface area (TPSA) is 38.8 Å². The molecule has 4 nitrogen and oxygen atoms in total. The Balaban J connectivity index is 2.30. The lowest BCUT2D eigenvalue weighted by atomic mass is 9.98. The molecule has 5 heteroatoms. The van der Waals surface area contributed by atoms with E-state index in [1.165, 1.54) is 0 Å². The SMILES string of the molecule is CC(=S)OCC1CCN(C(=O)OC(C)(C)C)CC1. The summed E-state index contributed by atoms with van der Waals surface area (Å²) in [4.78, 5) is 13.6. The van der Waals surface area contributed by atoms with Gasteiger partial charge in [0.1, 0.15) is 5.60 Å². The molecule has 0 N–H and O–H groups in total. The van der Waals surface area contributed by atoms with Crippen molar-refractivity contribution in [3.05, 3.63) is 0 Å². The van der Waals surface area contributed by atoms with Gasteiger partial charge in [0.25, 0.3) is 0 Å². The highest BCUT2D eigenvalue weighted by Crippen LogP contribution is 2.20. The average molecular weight is 273 g/mol. The fraction of sp³-hybridized carbons (Fsp3) is 0.846. The summed E-state index contributed by atoms with van der Waals surface area (Å²) in [6.45, 7) is 9.57. The molecule has 1 heterocycles. The lowest BCUT2D eigenvalue weighted by molar-refractivity contribution is 0.0163. The van der Waals surface area contributed by atoms with Gasteiger partial charge in [0.2, 0.25) is 0 Å². The van der Waals surface area contributed by atoms with E-state index in [1.54, 1.807) is 11.8 Å². The predicted octanol–water partition coefficient (Wildman–Crippen LogP) is 3.00. The zero-order valence-corrected chi connectivity index (χ0v) is 12.5. The second kappa shape index (κ2) is 6.36. The van der Waals surface area contributed by atoms with Gasteiger partial charge in [0, 0.05) is 20.0 Å². The quantitative estimate of drug-likeness (QED) is 0.725. The van der Waals surface area contributed by atoms with Crippen LogP contribution in [0.5, 0.6) is 0 Å². The van der Waals surface area contributed by atoms with Crippen LogP contribution in [0.3, 0.4) is 0 Å². The van der Waals surface area contributed by atoms with Gasteiger partial charge in [-0.2, -0.15) is 0 Å². The second-order valence-electron chi connectivity index (χ2n) is 5.71. The first-order valence-corrected chi connectivity index (χ1v) is 6.80. The highest BCUT2D eigenvalue weighted by molar-refractivity contribution is 7.80. The first kappa shape index (κ1) is 15.2. The zero-order chi connectivity index (χ0) is 13.8. The van der Waals surface area contributed by atoms with Gasteiger partial charge in [-0.25, -0.2) is 4.79 Å². The van der Waals surface area contributed by atoms with Crippen molar-refractivity contribution in [2.45, 2.75) is 46.1 Å². The van der Waals surface area contributed by atoms with Crippen LogP contribution in [0, 0.1) is 5.92 Å². The summed E-state index contributed by atoms with van der Waals surface area (Å²) in [5, 5.41) is 0.588. The molecule has 1 aliphatic rings. The van der Waals surface area contributed by atoms with Gasteiger partial charge < -0.3 is 14.4 Å². The molecule has 0 aromatic rings. The maximum Gasteiger partial charge on any atom is 0.410 e. The van der Waals surface area contributed by atoms with Gasteiger partial charge in [-0.05, 0) is 51.7 Å². The number of hydrogen-bond donors (Lipinski definition) is 0. The van der Waals surface area contributed by atoms with Crippen LogP contribution in [0.2, 0.25) is 0 Å². The molecule has 0 unspecified atom stereocenters. The Morgan fingerprint density at radius 1 is 1.33 bits per heavy atom. The van der Waals surface area contributed by atoms with Crippen molar-refractivity contribution >= 4 is 23.4 Å². The summed E-state index contributed by atoms with van der Waals surface area (Å²) in [6, 6.07) is 0. The maximum absolute atomic E-state index is 11.8. The van der Waals surface area contributed by atoms with Crippen molar-refractivity contribution in [3.63, 3.8) is 0 Å². The Bertz CT molecular complexity index is 304. The van der Waals surface area contributed by atoms with E-state index in [0.29, 0.717) is 17.6 Å². The van der Waals surface area contributed by atoms with E-state index in [0.717, 1.165) is 25.9 Å². The number of thiocarbonyl (C=S) groups is 1. The zero-order valence-electron chi connectivity index (χ0n) is 11.7. The van der Waals surface area contributed by atoms with E-state index < -0.39 is 5.60 Å². The van der Waals surface area contributed by atoms with Crippen LogP contribution >= 0.6 is 12.2 Å². The molecular formula is C13H23NO3S. The van der Waals surface area contributed by atoms with Crippen molar-refractivity contribution in [2.75, 3.05) is 19.7 Å². The van der Waals surface area contributed by atoms with Gasteiger partial charge in [0.15, 0.2) is 5.05 Å². The number of carbonyl (C=O) groups excluding carboxylic acids is 1. The highest BCUT2D eigenvalue weighted by atomic mass is 32.1. The normalized spacial score (nSPS) is 17.4. The van der Waals surface area contributed by atoms with Crippen LogP contribution in [0.1, 0.15) is 40.5 Å². The molecule has 0 atom stereocenters. The highest BCUT2D eigenvalue weighted by Gasteiger charge is 2.26. The molecule has 0 spiro atoms. The van der Waals surface area contributed by atoms with Gasteiger partial charge in [-0.15, -0.1) is 0 Å². The van der Waals surface area contributed by atoms with E-state index in [9.17, 15) is 4.79 Å². The molecule has 1 amide bonds. The fourth-order valence-corrected chi connectivity index (χ4v) is 1.91. The lowest BCUT2D eigenvalue weighted by Gasteiger charge is -2.33. The van der Waals surface area contributed by atoms with Crippen molar-refractivity contribution in [1.82, 2.24) is 4.90 Å². The third-order valence-corrected chi connectivity index (χ3v) is 2.91. The van der Waals surface area contributed by atoms with Crippen molar-refractivity contribution in [2.24, 2.45) is 5.92 Å². The molecule has 1 saturated heterocycles. The lowest BCUT2D eigenvalue weighted by Crippen LogP contribution is -2.42. The molecular weight excluding hydrogens is 250 g/mol. The van der Waals surface area contributed by atoms with Crippen molar-refractivity contribution < 1.29 is 14.3 Å². The van der Waals surface area contributed by atoms with Crippen molar-refractivity contribution in [3.8, 4) is 0 Å². The molecule has 0 aromatic carbocycles. The molecule has 0 aliphatic carbocycles. The van der Waals surface area contributed by atoms with E-state index in [2.05, 4.69) is 0 Å². The van der Waals surface area contributed by atoms with Crippen LogP contribution in [0.25, 0.3) is 0 Å². The Morgan fingerprint density at radius 3 is 2.33 bits per heavy atom. The number of piperidine rings is 1. The Hall–Kier alpha value is -0.840. The standard InChI is InChI=1S/C13H23NO3S/c1-10(18)16-9-11-5-7-14(8-6-11)12(15)17-13(2,3)4/h11H,5-9H2,1-4H3. The number of rotatable bonds is 2. The van der Waals surface area contributed by atoms with Gasteiger partial charge in [-0.1, -0.05) is 0 Å². The molecule has 104 valence electrons. The minimum atomic E-state index is -0.425. The summed E-state index contributed by atoms with van der Waals surface area (Å²) in [5.74, 6) is 0.488. The van der Waals surface area contributed by atoms with Gasteiger partial charge in [0.05, 0.1) is 6.61 Å². The smallest absolute Gasteiger partial charge is 0.410 e.